The number of esters is 1. The van der Waals surface area contributed by atoms with Crippen LogP contribution >= 0.6 is 11.3 Å². The molecule has 144 valence electrons. The summed E-state index contributed by atoms with van der Waals surface area (Å²) in [4.78, 5) is 28.9. The average molecular weight is 401 g/mol. The summed E-state index contributed by atoms with van der Waals surface area (Å²) in [5, 5.41) is 4.87. The molecule has 0 fully saturated rings. The van der Waals surface area contributed by atoms with Gasteiger partial charge in [0.25, 0.3) is 0 Å². The maximum atomic E-state index is 12.4. The van der Waals surface area contributed by atoms with Gasteiger partial charge in [0.15, 0.2) is 5.78 Å². The third-order valence-corrected chi connectivity index (χ3v) is 5.52. The number of ether oxygens (including phenoxy) is 1. The summed E-state index contributed by atoms with van der Waals surface area (Å²) in [5.41, 5.74) is 2.36. The predicted molar refractivity (Wildman–Crippen MR) is 115 cm³/mol. The van der Waals surface area contributed by atoms with Crippen molar-refractivity contribution in [3.05, 3.63) is 89.4 Å². The maximum absolute atomic E-state index is 12.4. The SMILES string of the molecule is O=C(CCC(=O)c1ccc2ccccc2c1)OCc1csc(-c2ccccc2)n1. The fraction of sp³-hybridized carbons (Fsp3) is 0.125. The minimum Gasteiger partial charge on any atom is -0.459 e. The molecule has 5 heteroatoms. The normalized spacial score (nSPS) is 10.8. The summed E-state index contributed by atoms with van der Waals surface area (Å²) in [7, 11) is 0. The molecule has 0 saturated carbocycles. The van der Waals surface area contributed by atoms with Crippen molar-refractivity contribution in [3.63, 3.8) is 0 Å². The molecule has 3 aromatic carbocycles. The van der Waals surface area contributed by atoms with Crippen molar-refractivity contribution in [3.8, 4) is 10.6 Å². The molecule has 0 spiro atoms. The van der Waals surface area contributed by atoms with E-state index in [-0.39, 0.29) is 25.2 Å². The molecule has 4 aromatic rings. The summed E-state index contributed by atoms with van der Waals surface area (Å²) in [6.45, 7) is 0.117. The van der Waals surface area contributed by atoms with E-state index in [0.717, 1.165) is 21.3 Å². The van der Waals surface area contributed by atoms with Crippen molar-refractivity contribution in [1.29, 1.82) is 0 Å². The standard InChI is InChI=1S/C24H19NO3S/c26-22(20-11-10-17-6-4-5-9-19(17)14-20)12-13-23(27)28-15-21-16-29-24(25-21)18-7-2-1-3-8-18/h1-11,14,16H,12-13,15H2. The van der Waals surface area contributed by atoms with Gasteiger partial charge in [-0.2, -0.15) is 0 Å². The molecule has 0 aliphatic carbocycles. The van der Waals surface area contributed by atoms with Gasteiger partial charge in [-0.25, -0.2) is 4.98 Å². The van der Waals surface area contributed by atoms with Gasteiger partial charge in [0.05, 0.1) is 12.1 Å². The third-order valence-electron chi connectivity index (χ3n) is 4.58. The minimum absolute atomic E-state index is 0.0569. The second-order valence-electron chi connectivity index (χ2n) is 6.66. The highest BCUT2D eigenvalue weighted by Crippen LogP contribution is 2.23. The first kappa shape index (κ1) is 19.0. The Morgan fingerprint density at radius 3 is 2.45 bits per heavy atom. The van der Waals surface area contributed by atoms with E-state index < -0.39 is 5.97 Å². The number of nitrogens with zero attached hydrogens (tertiary/aromatic N) is 1. The number of carbonyl (C=O) groups is 2. The molecule has 4 rings (SSSR count). The maximum Gasteiger partial charge on any atom is 0.306 e. The monoisotopic (exact) mass is 401 g/mol. The summed E-state index contributed by atoms with van der Waals surface area (Å²) in [6, 6.07) is 23.3. The average Bonchev–Trinajstić information content (AvgIpc) is 3.25. The lowest BCUT2D eigenvalue weighted by Gasteiger charge is -2.04. The van der Waals surface area contributed by atoms with Crippen LogP contribution in [0.2, 0.25) is 0 Å². The summed E-state index contributed by atoms with van der Waals surface area (Å²) >= 11 is 1.51. The Bertz CT molecular complexity index is 1150. The molecule has 0 saturated heterocycles. The van der Waals surface area contributed by atoms with Crippen LogP contribution in [0.4, 0.5) is 0 Å². The number of thiazole rings is 1. The first-order valence-electron chi connectivity index (χ1n) is 9.36. The Hall–Kier alpha value is -3.31. The van der Waals surface area contributed by atoms with Crippen LogP contribution in [0, 0.1) is 0 Å². The van der Waals surface area contributed by atoms with E-state index in [1.807, 2.05) is 72.1 Å². The van der Waals surface area contributed by atoms with Gasteiger partial charge in [-0.15, -0.1) is 11.3 Å². The lowest BCUT2D eigenvalue weighted by molar-refractivity contribution is -0.145. The van der Waals surface area contributed by atoms with Crippen LogP contribution in [-0.4, -0.2) is 16.7 Å². The first-order valence-corrected chi connectivity index (χ1v) is 10.2. The zero-order chi connectivity index (χ0) is 20.1. The van der Waals surface area contributed by atoms with Gasteiger partial charge in [0, 0.05) is 22.9 Å². The molecule has 1 heterocycles. The zero-order valence-corrected chi connectivity index (χ0v) is 16.5. The van der Waals surface area contributed by atoms with E-state index >= 15 is 0 Å². The predicted octanol–water partition coefficient (Wildman–Crippen LogP) is 5.67. The van der Waals surface area contributed by atoms with Crippen LogP contribution in [0.5, 0.6) is 0 Å². The lowest BCUT2D eigenvalue weighted by atomic mass is 10.0. The molecule has 0 aliphatic rings. The van der Waals surface area contributed by atoms with Gasteiger partial charge in [-0.1, -0.05) is 66.7 Å². The van der Waals surface area contributed by atoms with Crippen LogP contribution in [0.3, 0.4) is 0 Å². The smallest absolute Gasteiger partial charge is 0.306 e. The van der Waals surface area contributed by atoms with E-state index in [1.165, 1.54) is 11.3 Å². The number of Topliss-reactive ketones (excluding diaryl/α,β-unsaturated/α-hetero) is 1. The second-order valence-corrected chi connectivity index (χ2v) is 7.51. The minimum atomic E-state index is -0.395. The van der Waals surface area contributed by atoms with Crippen molar-refractivity contribution in [2.24, 2.45) is 0 Å². The first-order chi connectivity index (χ1) is 14.2. The van der Waals surface area contributed by atoms with Gasteiger partial charge in [-0.05, 0) is 16.8 Å². The van der Waals surface area contributed by atoms with Crippen LogP contribution in [-0.2, 0) is 16.1 Å². The number of aromatic nitrogens is 1. The number of rotatable bonds is 7. The second kappa shape index (κ2) is 8.80. The Kier molecular flexibility index (Phi) is 5.77. The van der Waals surface area contributed by atoms with Crippen molar-refractivity contribution < 1.29 is 14.3 Å². The molecule has 0 bridgehead atoms. The van der Waals surface area contributed by atoms with E-state index in [1.54, 1.807) is 6.07 Å². The molecule has 1 aromatic heterocycles. The van der Waals surface area contributed by atoms with E-state index in [0.29, 0.717) is 11.3 Å². The lowest BCUT2D eigenvalue weighted by Crippen LogP contribution is -2.08. The molecule has 0 N–H and O–H groups in total. The van der Waals surface area contributed by atoms with Crippen LogP contribution < -0.4 is 0 Å². The van der Waals surface area contributed by atoms with Gasteiger partial charge < -0.3 is 4.74 Å². The molecular weight excluding hydrogens is 382 g/mol. The van der Waals surface area contributed by atoms with E-state index in [4.69, 9.17) is 4.74 Å². The molecule has 0 unspecified atom stereocenters. The molecular formula is C24H19NO3S. The molecule has 29 heavy (non-hydrogen) atoms. The van der Waals surface area contributed by atoms with Gasteiger partial charge >= 0.3 is 5.97 Å². The summed E-state index contributed by atoms with van der Waals surface area (Å²) < 4.78 is 5.29. The topological polar surface area (TPSA) is 56.3 Å². The Morgan fingerprint density at radius 1 is 0.862 bits per heavy atom. The molecule has 0 radical (unpaired) electrons. The highest BCUT2D eigenvalue weighted by Gasteiger charge is 2.12. The van der Waals surface area contributed by atoms with Crippen molar-refractivity contribution in [1.82, 2.24) is 4.98 Å². The highest BCUT2D eigenvalue weighted by atomic mass is 32.1. The number of hydrogen-bond donors (Lipinski definition) is 0. The number of carbonyl (C=O) groups excluding carboxylic acids is 2. The Balaban J connectivity index is 1.28. The molecule has 0 aliphatic heterocycles. The number of hydrogen-bond acceptors (Lipinski definition) is 5. The largest absolute Gasteiger partial charge is 0.459 e. The Morgan fingerprint density at radius 2 is 1.62 bits per heavy atom. The van der Waals surface area contributed by atoms with Crippen LogP contribution in [0.25, 0.3) is 21.3 Å². The van der Waals surface area contributed by atoms with Gasteiger partial charge in [-0.3, -0.25) is 9.59 Å². The third kappa shape index (κ3) is 4.76. The fourth-order valence-corrected chi connectivity index (χ4v) is 3.85. The molecule has 0 amide bonds. The summed E-state index contributed by atoms with van der Waals surface area (Å²) in [6.07, 6.45) is 0.185. The quantitative estimate of drug-likeness (QED) is 0.296. The number of benzene rings is 3. The number of ketones is 1. The van der Waals surface area contributed by atoms with Crippen LogP contribution in [0.15, 0.2) is 78.2 Å². The van der Waals surface area contributed by atoms with Crippen molar-refractivity contribution in [2.75, 3.05) is 0 Å². The number of fused-ring (bicyclic) bond motifs is 1. The molecule has 4 nitrogen and oxygen atoms in total. The van der Waals surface area contributed by atoms with E-state index in [2.05, 4.69) is 4.98 Å². The zero-order valence-electron chi connectivity index (χ0n) is 15.7. The van der Waals surface area contributed by atoms with Crippen LogP contribution in [0.1, 0.15) is 28.9 Å². The Labute approximate surface area is 172 Å². The van der Waals surface area contributed by atoms with E-state index in [9.17, 15) is 9.59 Å². The summed E-state index contributed by atoms with van der Waals surface area (Å²) in [5.74, 6) is -0.457. The fourth-order valence-electron chi connectivity index (χ4n) is 3.04. The molecule has 0 atom stereocenters. The van der Waals surface area contributed by atoms with Gasteiger partial charge in [0.2, 0.25) is 0 Å². The highest BCUT2D eigenvalue weighted by molar-refractivity contribution is 7.13. The van der Waals surface area contributed by atoms with Crippen molar-refractivity contribution >= 4 is 33.9 Å². The van der Waals surface area contributed by atoms with Gasteiger partial charge in [0.1, 0.15) is 11.6 Å². The van der Waals surface area contributed by atoms with Crippen molar-refractivity contribution in [2.45, 2.75) is 19.4 Å².